The molecular formula is C18H30N2. The van der Waals surface area contributed by atoms with Crippen LogP contribution in [0.2, 0.25) is 0 Å². The van der Waals surface area contributed by atoms with E-state index in [0.717, 1.165) is 13.1 Å². The van der Waals surface area contributed by atoms with E-state index in [1.807, 2.05) is 0 Å². The summed E-state index contributed by atoms with van der Waals surface area (Å²) < 4.78 is 0. The topological polar surface area (TPSA) is 15.3 Å². The molecule has 2 unspecified atom stereocenters. The van der Waals surface area contributed by atoms with Gasteiger partial charge in [-0.3, -0.25) is 4.90 Å². The van der Waals surface area contributed by atoms with Gasteiger partial charge in [-0.2, -0.15) is 0 Å². The van der Waals surface area contributed by atoms with Crippen molar-refractivity contribution in [3.8, 4) is 0 Å². The van der Waals surface area contributed by atoms with Gasteiger partial charge in [0.15, 0.2) is 0 Å². The fourth-order valence-corrected chi connectivity index (χ4v) is 3.42. The summed E-state index contributed by atoms with van der Waals surface area (Å²) in [5.74, 6) is 0.677. The Bertz CT molecular complexity index is 411. The molecule has 1 saturated heterocycles. The molecule has 1 heterocycles. The smallest absolute Gasteiger partial charge is 0.0349 e. The lowest BCUT2D eigenvalue weighted by atomic mass is 9.89. The Labute approximate surface area is 124 Å². The molecule has 2 nitrogen and oxygen atoms in total. The second-order valence-electron chi connectivity index (χ2n) is 7.08. The summed E-state index contributed by atoms with van der Waals surface area (Å²) >= 11 is 0. The van der Waals surface area contributed by atoms with E-state index in [1.54, 1.807) is 0 Å². The van der Waals surface area contributed by atoms with Gasteiger partial charge in [0, 0.05) is 30.7 Å². The Balaban J connectivity index is 2.28. The van der Waals surface area contributed by atoms with Crippen LogP contribution in [0.1, 0.15) is 52.6 Å². The van der Waals surface area contributed by atoms with Crippen molar-refractivity contribution in [2.24, 2.45) is 5.92 Å². The van der Waals surface area contributed by atoms with Gasteiger partial charge in [-0.05, 0) is 31.7 Å². The van der Waals surface area contributed by atoms with Crippen LogP contribution in [0.25, 0.3) is 0 Å². The van der Waals surface area contributed by atoms with Gasteiger partial charge >= 0.3 is 0 Å². The van der Waals surface area contributed by atoms with Crippen LogP contribution < -0.4 is 5.32 Å². The zero-order valence-electron chi connectivity index (χ0n) is 13.7. The van der Waals surface area contributed by atoms with Crippen LogP contribution in [-0.4, -0.2) is 29.6 Å². The largest absolute Gasteiger partial charge is 0.309 e. The van der Waals surface area contributed by atoms with E-state index in [2.05, 4.69) is 75.2 Å². The monoisotopic (exact) mass is 274 g/mol. The van der Waals surface area contributed by atoms with Gasteiger partial charge in [0.1, 0.15) is 0 Å². The average Bonchev–Trinajstić information content (AvgIpc) is 2.39. The average molecular weight is 274 g/mol. The van der Waals surface area contributed by atoms with Crippen molar-refractivity contribution in [2.45, 2.75) is 58.7 Å². The molecule has 2 atom stereocenters. The summed E-state index contributed by atoms with van der Waals surface area (Å²) in [7, 11) is 0. The highest BCUT2D eigenvalue weighted by Gasteiger charge is 2.37. The van der Waals surface area contributed by atoms with Gasteiger partial charge < -0.3 is 5.32 Å². The summed E-state index contributed by atoms with van der Waals surface area (Å²) in [6.45, 7) is 13.8. The number of nitrogens with zero attached hydrogens (tertiary/aromatic N) is 1. The van der Waals surface area contributed by atoms with E-state index in [9.17, 15) is 0 Å². The van der Waals surface area contributed by atoms with Crippen molar-refractivity contribution in [3.05, 3.63) is 35.9 Å². The van der Waals surface area contributed by atoms with Crippen molar-refractivity contribution < 1.29 is 0 Å². The minimum atomic E-state index is 0.202. The molecule has 0 amide bonds. The van der Waals surface area contributed by atoms with Crippen LogP contribution in [0.3, 0.4) is 0 Å². The summed E-state index contributed by atoms with van der Waals surface area (Å²) in [4.78, 5) is 2.73. The minimum absolute atomic E-state index is 0.202. The lowest BCUT2D eigenvalue weighted by Crippen LogP contribution is -2.63. The Morgan fingerprint density at radius 2 is 1.90 bits per heavy atom. The fraction of sp³-hybridized carbons (Fsp3) is 0.667. The second kappa shape index (κ2) is 6.28. The van der Waals surface area contributed by atoms with Crippen LogP contribution in [0, 0.1) is 5.92 Å². The Hall–Kier alpha value is -0.860. The van der Waals surface area contributed by atoms with Crippen LogP contribution in [0.5, 0.6) is 0 Å². The van der Waals surface area contributed by atoms with Crippen LogP contribution in [0.4, 0.5) is 0 Å². The van der Waals surface area contributed by atoms with Crippen molar-refractivity contribution in [2.75, 3.05) is 13.1 Å². The highest BCUT2D eigenvalue weighted by atomic mass is 15.3. The second-order valence-corrected chi connectivity index (χ2v) is 7.08. The molecule has 0 aliphatic carbocycles. The van der Waals surface area contributed by atoms with E-state index in [-0.39, 0.29) is 5.54 Å². The molecule has 2 rings (SSSR count). The molecule has 1 aliphatic rings. The Kier molecular flexibility index (Phi) is 4.87. The van der Waals surface area contributed by atoms with Crippen molar-refractivity contribution in [3.63, 3.8) is 0 Å². The number of piperazine rings is 1. The minimum Gasteiger partial charge on any atom is -0.309 e. The number of hydrogen-bond acceptors (Lipinski definition) is 2. The van der Waals surface area contributed by atoms with E-state index >= 15 is 0 Å². The van der Waals surface area contributed by atoms with E-state index in [1.165, 1.54) is 12.0 Å². The van der Waals surface area contributed by atoms with Gasteiger partial charge in [0.25, 0.3) is 0 Å². The third-order valence-corrected chi connectivity index (χ3v) is 4.53. The first-order valence-electron chi connectivity index (χ1n) is 8.00. The normalized spacial score (nSPS) is 24.8. The third kappa shape index (κ3) is 3.42. The number of benzene rings is 1. The molecule has 1 aliphatic heterocycles. The lowest BCUT2D eigenvalue weighted by Gasteiger charge is -2.49. The first-order valence-corrected chi connectivity index (χ1v) is 8.00. The highest BCUT2D eigenvalue weighted by Crippen LogP contribution is 2.32. The zero-order chi connectivity index (χ0) is 14.8. The van der Waals surface area contributed by atoms with Crippen molar-refractivity contribution in [1.82, 2.24) is 10.2 Å². The molecule has 2 heteroatoms. The maximum Gasteiger partial charge on any atom is 0.0349 e. The number of nitrogens with one attached hydrogen (secondary N) is 1. The number of hydrogen-bond donors (Lipinski definition) is 1. The molecule has 0 spiro atoms. The molecule has 0 radical (unpaired) electrons. The predicted molar refractivity (Wildman–Crippen MR) is 86.9 cm³/mol. The van der Waals surface area contributed by atoms with Crippen LogP contribution >= 0.6 is 0 Å². The van der Waals surface area contributed by atoms with Crippen molar-refractivity contribution in [1.29, 1.82) is 0 Å². The first-order chi connectivity index (χ1) is 9.44. The molecule has 1 aromatic carbocycles. The van der Waals surface area contributed by atoms with Crippen molar-refractivity contribution >= 4 is 0 Å². The summed E-state index contributed by atoms with van der Waals surface area (Å²) in [6.07, 6.45) is 1.17. The zero-order valence-corrected chi connectivity index (χ0v) is 13.7. The maximum atomic E-state index is 3.71. The standard InChI is InChI=1S/C18H30N2/c1-6-16(15-10-8-7-9-11-15)20-13-18(4,5)19-12-17(20)14(2)3/h7-11,14,16-17,19H,6,12-13H2,1-5H3. The first kappa shape index (κ1) is 15.5. The third-order valence-electron chi connectivity index (χ3n) is 4.53. The van der Waals surface area contributed by atoms with Gasteiger partial charge in [-0.25, -0.2) is 0 Å². The van der Waals surface area contributed by atoms with E-state index in [0.29, 0.717) is 18.0 Å². The fourth-order valence-electron chi connectivity index (χ4n) is 3.42. The molecule has 112 valence electrons. The number of rotatable bonds is 4. The Morgan fingerprint density at radius 3 is 2.45 bits per heavy atom. The molecule has 1 fully saturated rings. The van der Waals surface area contributed by atoms with Gasteiger partial charge in [0.2, 0.25) is 0 Å². The molecule has 0 aromatic heterocycles. The van der Waals surface area contributed by atoms with Gasteiger partial charge in [-0.1, -0.05) is 51.1 Å². The predicted octanol–water partition coefficient (Wildman–Crippen LogP) is 3.85. The van der Waals surface area contributed by atoms with Gasteiger partial charge in [-0.15, -0.1) is 0 Å². The van der Waals surface area contributed by atoms with Crippen LogP contribution in [0.15, 0.2) is 30.3 Å². The molecule has 20 heavy (non-hydrogen) atoms. The highest BCUT2D eigenvalue weighted by molar-refractivity contribution is 5.20. The molecule has 0 bridgehead atoms. The summed E-state index contributed by atoms with van der Waals surface area (Å²) in [6, 6.07) is 12.1. The molecule has 1 N–H and O–H groups in total. The summed E-state index contributed by atoms with van der Waals surface area (Å²) in [5.41, 5.74) is 1.66. The maximum absolute atomic E-state index is 3.71. The van der Waals surface area contributed by atoms with E-state index < -0.39 is 0 Å². The summed E-state index contributed by atoms with van der Waals surface area (Å²) in [5, 5.41) is 3.71. The quantitative estimate of drug-likeness (QED) is 0.897. The molecular weight excluding hydrogens is 244 g/mol. The SMILES string of the molecule is CCC(c1ccccc1)N1CC(C)(C)NCC1C(C)C. The van der Waals surface area contributed by atoms with E-state index in [4.69, 9.17) is 0 Å². The van der Waals surface area contributed by atoms with Gasteiger partial charge in [0.05, 0.1) is 0 Å². The molecule has 1 aromatic rings. The lowest BCUT2D eigenvalue weighted by molar-refractivity contribution is 0.0292. The molecule has 0 saturated carbocycles. The van der Waals surface area contributed by atoms with Crippen LogP contribution in [-0.2, 0) is 0 Å². The Morgan fingerprint density at radius 1 is 1.25 bits per heavy atom.